The molecule has 0 aliphatic carbocycles. The van der Waals surface area contributed by atoms with Gasteiger partial charge < -0.3 is 10.3 Å². The van der Waals surface area contributed by atoms with Gasteiger partial charge in [0.2, 0.25) is 0 Å². The van der Waals surface area contributed by atoms with E-state index in [9.17, 15) is 0 Å². The fraction of sp³-hybridized carbons (Fsp3) is 0.100. The van der Waals surface area contributed by atoms with Crippen molar-refractivity contribution in [2.45, 2.75) is 13.0 Å². The van der Waals surface area contributed by atoms with E-state index in [2.05, 4.69) is 41.5 Å². The van der Waals surface area contributed by atoms with Gasteiger partial charge in [-0.3, -0.25) is 0 Å². The summed E-state index contributed by atoms with van der Waals surface area (Å²) in [4.78, 5) is 20.7. The number of imidazole rings is 1. The number of fused-ring (bicyclic) bond motifs is 2. The zero-order valence-corrected chi connectivity index (χ0v) is 16.1. The summed E-state index contributed by atoms with van der Waals surface area (Å²) in [6, 6.07) is 11.4. The van der Waals surface area contributed by atoms with Crippen LogP contribution in [0.2, 0.25) is 5.02 Å². The molecule has 0 fully saturated rings. The number of aromatic amines is 1. The Bertz CT molecular complexity index is 1320. The highest BCUT2D eigenvalue weighted by Crippen LogP contribution is 2.33. The number of hydrogen-bond acceptors (Lipinski definition) is 7. The maximum atomic E-state index is 6.39. The summed E-state index contributed by atoms with van der Waals surface area (Å²) >= 11 is 6.39. The maximum absolute atomic E-state index is 6.39. The van der Waals surface area contributed by atoms with Crippen LogP contribution in [0.25, 0.3) is 33.5 Å². The molecule has 0 unspecified atom stereocenters. The monoisotopic (exact) mass is 402 g/mol. The number of pyridine rings is 1. The van der Waals surface area contributed by atoms with Gasteiger partial charge in [0.15, 0.2) is 11.5 Å². The normalized spacial score (nSPS) is 12.3. The van der Waals surface area contributed by atoms with Crippen LogP contribution in [-0.2, 0) is 0 Å². The minimum absolute atomic E-state index is 0.141. The Morgan fingerprint density at radius 3 is 2.86 bits per heavy atom. The first-order valence-corrected chi connectivity index (χ1v) is 9.36. The lowest BCUT2D eigenvalue weighted by Crippen LogP contribution is -2.11. The smallest absolute Gasteiger partial charge is 0.162 e. The molecule has 0 amide bonds. The predicted molar refractivity (Wildman–Crippen MR) is 112 cm³/mol. The Kier molecular flexibility index (Phi) is 4.25. The highest BCUT2D eigenvalue weighted by molar-refractivity contribution is 6.35. The summed E-state index contributed by atoms with van der Waals surface area (Å²) < 4.78 is 0. The summed E-state index contributed by atoms with van der Waals surface area (Å²) in [5.74, 6) is 0.639. The zero-order chi connectivity index (χ0) is 19.8. The number of nitrogens with one attached hydrogen (secondary N) is 2. The molecule has 9 heteroatoms. The molecule has 29 heavy (non-hydrogen) atoms. The Balaban J connectivity index is 1.65. The fourth-order valence-corrected chi connectivity index (χ4v) is 3.52. The standard InChI is InChI=1S/C20H15ClN8/c1-11(27-20-18-19(23-9-22-18)24-10-25-20)13-8-12-4-2-5-14(21)16(12)28-17(13)15-6-3-7-26-29-15/h2-11H,1H3,(H2,22,23,24,25,27)/t11-/m0/s1. The van der Waals surface area contributed by atoms with Gasteiger partial charge >= 0.3 is 0 Å². The summed E-state index contributed by atoms with van der Waals surface area (Å²) in [5, 5.41) is 13.2. The number of para-hydroxylation sites is 1. The van der Waals surface area contributed by atoms with Crippen LogP contribution in [0.1, 0.15) is 18.5 Å². The first kappa shape index (κ1) is 17.4. The third-order valence-electron chi connectivity index (χ3n) is 4.68. The van der Waals surface area contributed by atoms with Crippen molar-refractivity contribution in [3.63, 3.8) is 0 Å². The van der Waals surface area contributed by atoms with Gasteiger partial charge in [-0.05, 0) is 31.2 Å². The summed E-state index contributed by atoms with van der Waals surface area (Å²) in [6.07, 6.45) is 4.73. The molecule has 5 rings (SSSR count). The molecule has 1 aromatic carbocycles. The first-order valence-electron chi connectivity index (χ1n) is 8.98. The molecule has 1 atom stereocenters. The molecule has 142 valence electrons. The van der Waals surface area contributed by atoms with E-state index in [1.165, 1.54) is 6.33 Å². The maximum Gasteiger partial charge on any atom is 0.162 e. The summed E-state index contributed by atoms with van der Waals surface area (Å²) in [5.41, 5.74) is 4.41. The van der Waals surface area contributed by atoms with Crippen LogP contribution < -0.4 is 5.32 Å². The highest BCUT2D eigenvalue weighted by atomic mass is 35.5. The lowest BCUT2D eigenvalue weighted by atomic mass is 10.0. The predicted octanol–water partition coefficient (Wildman–Crippen LogP) is 4.18. The lowest BCUT2D eigenvalue weighted by molar-refractivity contribution is 0.869. The van der Waals surface area contributed by atoms with E-state index in [1.54, 1.807) is 12.5 Å². The van der Waals surface area contributed by atoms with E-state index in [0.717, 1.165) is 16.5 Å². The van der Waals surface area contributed by atoms with Gasteiger partial charge in [0, 0.05) is 17.1 Å². The fourth-order valence-electron chi connectivity index (χ4n) is 3.29. The average molecular weight is 403 g/mol. The van der Waals surface area contributed by atoms with Gasteiger partial charge in [0.25, 0.3) is 0 Å². The zero-order valence-electron chi connectivity index (χ0n) is 15.3. The van der Waals surface area contributed by atoms with Crippen molar-refractivity contribution < 1.29 is 0 Å². The van der Waals surface area contributed by atoms with E-state index in [0.29, 0.717) is 33.4 Å². The van der Waals surface area contributed by atoms with Crippen molar-refractivity contribution in [2.75, 3.05) is 5.32 Å². The van der Waals surface area contributed by atoms with E-state index in [4.69, 9.17) is 16.6 Å². The Morgan fingerprint density at radius 2 is 2.00 bits per heavy atom. The average Bonchev–Trinajstić information content (AvgIpc) is 3.24. The third kappa shape index (κ3) is 3.13. The van der Waals surface area contributed by atoms with Crippen molar-refractivity contribution >= 4 is 39.5 Å². The van der Waals surface area contributed by atoms with Crippen LogP contribution in [0.15, 0.2) is 55.2 Å². The molecule has 0 saturated carbocycles. The molecule has 5 aromatic rings. The van der Waals surface area contributed by atoms with Crippen molar-refractivity contribution in [2.24, 2.45) is 0 Å². The quantitative estimate of drug-likeness (QED) is 0.464. The van der Waals surface area contributed by atoms with Crippen LogP contribution in [0.5, 0.6) is 0 Å². The summed E-state index contributed by atoms with van der Waals surface area (Å²) in [7, 11) is 0. The second-order valence-electron chi connectivity index (χ2n) is 6.53. The number of rotatable bonds is 4. The highest BCUT2D eigenvalue weighted by Gasteiger charge is 2.19. The van der Waals surface area contributed by atoms with Gasteiger partial charge in [-0.2, -0.15) is 5.10 Å². The third-order valence-corrected chi connectivity index (χ3v) is 4.98. The molecule has 0 radical (unpaired) electrons. The number of nitrogens with zero attached hydrogens (tertiary/aromatic N) is 6. The van der Waals surface area contributed by atoms with Crippen LogP contribution in [0.4, 0.5) is 5.82 Å². The van der Waals surface area contributed by atoms with E-state index >= 15 is 0 Å². The van der Waals surface area contributed by atoms with Crippen molar-refractivity contribution in [3.05, 3.63) is 65.8 Å². The van der Waals surface area contributed by atoms with E-state index in [-0.39, 0.29) is 6.04 Å². The number of hydrogen-bond donors (Lipinski definition) is 2. The largest absolute Gasteiger partial charge is 0.362 e. The lowest BCUT2D eigenvalue weighted by Gasteiger charge is -2.19. The number of aromatic nitrogens is 7. The molecule has 0 spiro atoms. The van der Waals surface area contributed by atoms with Gasteiger partial charge in [-0.1, -0.05) is 23.7 Å². The number of benzene rings is 1. The number of halogens is 1. The van der Waals surface area contributed by atoms with Crippen LogP contribution in [0.3, 0.4) is 0 Å². The molecule has 4 heterocycles. The Morgan fingerprint density at radius 1 is 1.07 bits per heavy atom. The second kappa shape index (κ2) is 7.06. The van der Waals surface area contributed by atoms with Crippen LogP contribution in [0, 0.1) is 0 Å². The van der Waals surface area contributed by atoms with Gasteiger partial charge in [0.05, 0.1) is 28.6 Å². The molecule has 0 bridgehead atoms. The van der Waals surface area contributed by atoms with Gasteiger partial charge in [-0.15, -0.1) is 5.10 Å². The van der Waals surface area contributed by atoms with Gasteiger partial charge in [-0.25, -0.2) is 19.9 Å². The topological polar surface area (TPSA) is 105 Å². The Hall–Kier alpha value is -3.65. The molecule has 0 aliphatic heterocycles. The minimum Gasteiger partial charge on any atom is -0.362 e. The van der Waals surface area contributed by atoms with Crippen molar-refractivity contribution in [1.82, 2.24) is 35.1 Å². The number of H-pyrrole nitrogens is 1. The van der Waals surface area contributed by atoms with E-state index in [1.807, 2.05) is 37.3 Å². The number of anilines is 1. The van der Waals surface area contributed by atoms with Crippen LogP contribution in [-0.4, -0.2) is 35.1 Å². The molecular formula is C20H15ClN8. The Labute approximate surface area is 170 Å². The molecule has 4 aromatic heterocycles. The molecule has 0 saturated heterocycles. The van der Waals surface area contributed by atoms with E-state index < -0.39 is 0 Å². The summed E-state index contributed by atoms with van der Waals surface area (Å²) in [6.45, 7) is 2.04. The van der Waals surface area contributed by atoms with Gasteiger partial charge in [0.1, 0.15) is 17.5 Å². The minimum atomic E-state index is -0.141. The first-order chi connectivity index (χ1) is 14.2. The molecular weight excluding hydrogens is 388 g/mol. The molecule has 2 N–H and O–H groups in total. The van der Waals surface area contributed by atoms with Crippen molar-refractivity contribution in [1.29, 1.82) is 0 Å². The second-order valence-corrected chi connectivity index (χ2v) is 6.94. The van der Waals surface area contributed by atoms with Crippen LogP contribution >= 0.6 is 11.6 Å². The molecule has 0 aliphatic rings. The molecule has 8 nitrogen and oxygen atoms in total. The SMILES string of the molecule is C[C@H](Nc1ncnc2[nH]cnc12)c1cc2cccc(Cl)c2nc1-c1cccnn1. The van der Waals surface area contributed by atoms with Crippen molar-refractivity contribution in [3.8, 4) is 11.4 Å².